The molecule has 31 heavy (non-hydrogen) atoms. The van der Waals surface area contributed by atoms with Gasteiger partial charge in [0.25, 0.3) is 5.91 Å². The van der Waals surface area contributed by atoms with Crippen LogP contribution in [0.1, 0.15) is 62.2 Å². The maximum Gasteiger partial charge on any atom is 0.257 e. The molecule has 1 aliphatic rings. The zero-order valence-corrected chi connectivity index (χ0v) is 20.5. The summed E-state index contributed by atoms with van der Waals surface area (Å²) in [6.45, 7) is 12.3. The van der Waals surface area contributed by atoms with Gasteiger partial charge in [-0.15, -0.1) is 11.3 Å². The van der Waals surface area contributed by atoms with Crippen molar-refractivity contribution in [2.24, 2.45) is 5.92 Å². The molecule has 1 aromatic carbocycles. The van der Waals surface area contributed by atoms with Gasteiger partial charge in [-0.25, -0.2) is 18.1 Å². The summed E-state index contributed by atoms with van der Waals surface area (Å²) < 4.78 is 27.9. The molecule has 1 aromatic heterocycles. The van der Waals surface area contributed by atoms with E-state index in [0.29, 0.717) is 22.2 Å². The number of nitrogens with zero attached hydrogens (tertiary/aromatic N) is 2. The van der Waals surface area contributed by atoms with E-state index < -0.39 is 15.6 Å². The predicted molar refractivity (Wildman–Crippen MR) is 125 cm³/mol. The van der Waals surface area contributed by atoms with Gasteiger partial charge in [-0.3, -0.25) is 15.0 Å². The highest BCUT2D eigenvalue weighted by Gasteiger charge is 2.24. The maximum absolute atomic E-state index is 12.9. The highest BCUT2D eigenvalue weighted by molar-refractivity contribution is 7.89. The normalized spacial score (nSPS) is 18.2. The smallest absolute Gasteiger partial charge is 0.257 e. The van der Waals surface area contributed by atoms with Gasteiger partial charge in [-0.05, 0) is 70.7 Å². The Labute approximate surface area is 189 Å². The minimum atomic E-state index is -3.73. The number of benzene rings is 1. The molecule has 0 radical (unpaired) electrons. The summed E-state index contributed by atoms with van der Waals surface area (Å²) in [6.07, 6.45) is 2.48. The molecular weight excluding hydrogens is 432 g/mol. The number of sulfonamides is 1. The van der Waals surface area contributed by atoms with E-state index in [9.17, 15) is 13.2 Å². The van der Waals surface area contributed by atoms with E-state index in [4.69, 9.17) is 0 Å². The number of amides is 1. The number of rotatable bonds is 6. The lowest BCUT2D eigenvalue weighted by Gasteiger charge is -2.30. The summed E-state index contributed by atoms with van der Waals surface area (Å²) in [7, 11) is -3.73. The Morgan fingerprint density at radius 3 is 2.74 bits per heavy atom. The second-order valence-electron chi connectivity index (χ2n) is 9.41. The predicted octanol–water partition coefficient (Wildman–Crippen LogP) is 4.01. The molecule has 2 heterocycles. The van der Waals surface area contributed by atoms with Crippen LogP contribution in [0.4, 0.5) is 5.13 Å². The van der Waals surface area contributed by atoms with Gasteiger partial charge in [0, 0.05) is 29.6 Å². The largest absolute Gasteiger partial charge is 0.298 e. The van der Waals surface area contributed by atoms with Crippen LogP contribution in [0.2, 0.25) is 0 Å². The number of aryl methyl sites for hydroxylation is 1. The third-order valence-corrected chi connectivity index (χ3v) is 7.67. The first-order valence-corrected chi connectivity index (χ1v) is 12.9. The number of nitrogens with one attached hydrogen (secondary N) is 2. The van der Waals surface area contributed by atoms with E-state index in [0.717, 1.165) is 25.3 Å². The number of anilines is 1. The number of hydrogen-bond acceptors (Lipinski definition) is 6. The number of aromatic nitrogens is 1. The van der Waals surface area contributed by atoms with Gasteiger partial charge in [-0.1, -0.05) is 13.0 Å². The van der Waals surface area contributed by atoms with Crippen molar-refractivity contribution in [2.75, 3.05) is 18.4 Å². The fraction of sp³-hybridized carbons (Fsp3) is 0.545. The van der Waals surface area contributed by atoms with Crippen LogP contribution >= 0.6 is 11.3 Å². The van der Waals surface area contributed by atoms with E-state index >= 15 is 0 Å². The van der Waals surface area contributed by atoms with Crippen LogP contribution in [0, 0.1) is 12.8 Å². The molecule has 0 spiro atoms. The average Bonchev–Trinajstić information content (AvgIpc) is 3.06. The van der Waals surface area contributed by atoms with E-state index in [2.05, 4.69) is 26.8 Å². The lowest BCUT2D eigenvalue weighted by molar-refractivity contribution is 0.102. The summed E-state index contributed by atoms with van der Waals surface area (Å²) in [5.74, 6) is 0.337. The molecule has 0 saturated carbocycles. The van der Waals surface area contributed by atoms with Crippen LogP contribution in [0.3, 0.4) is 0 Å². The molecule has 1 unspecified atom stereocenters. The molecule has 0 aliphatic carbocycles. The number of carbonyl (C=O) groups excluding carboxylic acids is 1. The zero-order chi connectivity index (χ0) is 22.8. The fourth-order valence-corrected chi connectivity index (χ4v) is 5.88. The Bertz CT molecular complexity index is 1040. The van der Waals surface area contributed by atoms with E-state index in [1.54, 1.807) is 33.8 Å². The van der Waals surface area contributed by atoms with Crippen LogP contribution in [0.25, 0.3) is 0 Å². The number of carbonyl (C=O) groups is 1. The standard InChI is InChI=1S/C22H32N4O3S2/c1-15-7-6-10-26(12-15)13-17-14-30-21(23-17)24-20(27)19-11-18(9-8-16(19)2)31(28,29)25-22(3,4)5/h8-9,11,14-15,25H,6-7,10,12-13H2,1-5H3,(H,23,24,27). The third kappa shape index (κ3) is 6.58. The van der Waals surface area contributed by atoms with Crippen molar-refractivity contribution in [2.45, 2.75) is 64.4 Å². The number of thiazole rings is 1. The summed E-state index contributed by atoms with van der Waals surface area (Å²) in [5, 5.41) is 5.31. The molecule has 170 valence electrons. The van der Waals surface area contributed by atoms with Crippen molar-refractivity contribution in [1.82, 2.24) is 14.6 Å². The zero-order valence-electron chi connectivity index (χ0n) is 18.9. The first-order chi connectivity index (χ1) is 14.4. The molecule has 3 rings (SSSR count). The number of likely N-dealkylation sites (tertiary alicyclic amines) is 1. The Balaban J connectivity index is 1.71. The van der Waals surface area contributed by atoms with Crippen LogP contribution in [-0.2, 0) is 16.6 Å². The van der Waals surface area contributed by atoms with Crippen molar-refractivity contribution >= 4 is 32.4 Å². The lowest BCUT2D eigenvalue weighted by Crippen LogP contribution is -2.40. The SMILES string of the molecule is Cc1ccc(S(=O)(=O)NC(C)(C)C)cc1C(=O)Nc1nc(CN2CCCC(C)C2)cs1. The second-order valence-corrected chi connectivity index (χ2v) is 12.0. The van der Waals surface area contributed by atoms with Gasteiger partial charge in [-0.2, -0.15) is 0 Å². The number of hydrogen-bond donors (Lipinski definition) is 2. The van der Waals surface area contributed by atoms with E-state index in [1.165, 1.54) is 36.3 Å². The summed E-state index contributed by atoms with van der Waals surface area (Å²) in [4.78, 5) is 19.9. The molecule has 2 N–H and O–H groups in total. The topological polar surface area (TPSA) is 91.4 Å². The van der Waals surface area contributed by atoms with Crippen LogP contribution < -0.4 is 10.0 Å². The highest BCUT2D eigenvalue weighted by Crippen LogP contribution is 2.23. The Hall–Kier alpha value is -1.81. The monoisotopic (exact) mass is 464 g/mol. The van der Waals surface area contributed by atoms with Crippen molar-refractivity contribution in [1.29, 1.82) is 0 Å². The minimum Gasteiger partial charge on any atom is -0.298 e. The molecule has 9 heteroatoms. The lowest BCUT2D eigenvalue weighted by atomic mass is 10.0. The maximum atomic E-state index is 12.9. The molecule has 1 atom stereocenters. The second kappa shape index (κ2) is 9.36. The molecule has 0 bridgehead atoms. The van der Waals surface area contributed by atoms with Gasteiger partial charge in [0.15, 0.2) is 5.13 Å². The molecule has 1 saturated heterocycles. The van der Waals surface area contributed by atoms with Crippen LogP contribution in [0.15, 0.2) is 28.5 Å². The molecule has 1 fully saturated rings. The van der Waals surface area contributed by atoms with E-state index in [1.807, 2.05) is 5.38 Å². The summed E-state index contributed by atoms with van der Waals surface area (Å²) in [5.41, 5.74) is 1.34. The molecular formula is C22H32N4O3S2. The van der Waals surface area contributed by atoms with Crippen molar-refractivity contribution in [3.8, 4) is 0 Å². The first-order valence-electron chi connectivity index (χ1n) is 10.6. The minimum absolute atomic E-state index is 0.0669. The van der Waals surface area contributed by atoms with Gasteiger partial charge in [0.05, 0.1) is 10.6 Å². The Morgan fingerprint density at radius 2 is 2.06 bits per heavy atom. The average molecular weight is 465 g/mol. The van der Waals surface area contributed by atoms with Crippen molar-refractivity contribution in [3.05, 3.63) is 40.4 Å². The van der Waals surface area contributed by atoms with Crippen LogP contribution in [0.5, 0.6) is 0 Å². The van der Waals surface area contributed by atoms with Gasteiger partial charge in [0.1, 0.15) is 0 Å². The summed E-state index contributed by atoms with van der Waals surface area (Å²) >= 11 is 1.39. The van der Waals surface area contributed by atoms with Gasteiger partial charge < -0.3 is 0 Å². The third-order valence-electron chi connectivity index (χ3n) is 5.10. The first kappa shape index (κ1) is 23.8. The molecule has 7 nitrogen and oxygen atoms in total. The Kier molecular flexibility index (Phi) is 7.20. The fourth-order valence-electron chi connectivity index (χ4n) is 3.74. The van der Waals surface area contributed by atoms with E-state index in [-0.39, 0.29) is 10.8 Å². The quantitative estimate of drug-likeness (QED) is 0.674. The van der Waals surface area contributed by atoms with Crippen LogP contribution in [-0.4, -0.2) is 42.8 Å². The summed E-state index contributed by atoms with van der Waals surface area (Å²) in [6, 6.07) is 4.58. The molecule has 1 aliphatic heterocycles. The van der Waals surface area contributed by atoms with Crippen molar-refractivity contribution in [3.63, 3.8) is 0 Å². The molecule has 2 aromatic rings. The van der Waals surface area contributed by atoms with Crippen molar-refractivity contribution < 1.29 is 13.2 Å². The number of piperidine rings is 1. The molecule has 1 amide bonds. The highest BCUT2D eigenvalue weighted by atomic mass is 32.2. The van der Waals surface area contributed by atoms with Gasteiger partial charge in [0.2, 0.25) is 10.0 Å². The van der Waals surface area contributed by atoms with Gasteiger partial charge >= 0.3 is 0 Å². The Morgan fingerprint density at radius 1 is 1.32 bits per heavy atom.